The van der Waals surface area contributed by atoms with Crippen molar-refractivity contribution in [3.05, 3.63) is 35.9 Å². The van der Waals surface area contributed by atoms with Gasteiger partial charge >= 0.3 is 0 Å². The third-order valence-corrected chi connectivity index (χ3v) is 2.34. The standard InChI is InChI=1S/C12H14ClN3O2/c13-4-2-5-15-8-10(7-14)12(17)16-9-11-3-1-6-18-11/h1,3,6,8,15H,2,4-5,9H2,(H,16,17)/b10-8-. The maximum Gasteiger partial charge on any atom is 0.263 e. The lowest BCUT2D eigenvalue weighted by atomic mass is 10.3. The molecule has 0 fully saturated rings. The topological polar surface area (TPSA) is 78.1 Å². The van der Waals surface area contributed by atoms with Crippen LogP contribution >= 0.6 is 11.6 Å². The van der Waals surface area contributed by atoms with E-state index in [0.29, 0.717) is 18.2 Å². The molecule has 1 aromatic heterocycles. The maximum atomic E-state index is 11.6. The monoisotopic (exact) mass is 267 g/mol. The Morgan fingerprint density at radius 1 is 1.61 bits per heavy atom. The van der Waals surface area contributed by atoms with E-state index in [2.05, 4.69) is 10.6 Å². The largest absolute Gasteiger partial charge is 0.467 e. The number of nitriles is 1. The Balaban J connectivity index is 2.39. The van der Waals surface area contributed by atoms with E-state index in [1.165, 1.54) is 12.5 Å². The third-order valence-electron chi connectivity index (χ3n) is 2.07. The molecule has 1 rings (SSSR count). The summed E-state index contributed by atoms with van der Waals surface area (Å²) in [7, 11) is 0. The Bertz CT molecular complexity index is 435. The molecule has 1 aromatic rings. The lowest BCUT2D eigenvalue weighted by Gasteiger charge is -2.03. The molecule has 0 atom stereocenters. The average molecular weight is 268 g/mol. The van der Waals surface area contributed by atoms with Crippen molar-refractivity contribution in [2.45, 2.75) is 13.0 Å². The van der Waals surface area contributed by atoms with Crippen molar-refractivity contribution < 1.29 is 9.21 Å². The molecule has 1 heterocycles. The second-order valence-electron chi connectivity index (χ2n) is 3.43. The zero-order valence-corrected chi connectivity index (χ0v) is 10.5. The molecule has 0 saturated carbocycles. The Labute approximate surface area is 110 Å². The number of nitrogens with zero attached hydrogens (tertiary/aromatic N) is 1. The van der Waals surface area contributed by atoms with E-state index < -0.39 is 5.91 Å². The molecule has 6 heteroatoms. The number of alkyl halides is 1. The number of furan rings is 1. The van der Waals surface area contributed by atoms with Gasteiger partial charge in [-0.1, -0.05) is 0 Å². The minimum absolute atomic E-state index is 0.0242. The van der Waals surface area contributed by atoms with Crippen molar-refractivity contribution in [3.8, 4) is 6.07 Å². The molecular formula is C12H14ClN3O2. The quantitative estimate of drug-likeness (QED) is 0.340. The summed E-state index contributed by atoms with van der Waals surface area (Å²) >= 11 is 5.50. The van der Waals surface area contributed by atoms with Gasteiger partial charge in [0, 0.05) is 18.6 Å². The third kappa shape index (κ3) is 4.93. The van der Waals surface area contributed by atoms with Crippen LogP contribution in [0.15, 0.2) is 34.6 Å². The van der Waals surface area contributed by atoms with Gasteiger partial charge in [0.15, 0.2) is 0 Å². The Morgan fingerprint density at radius 3 is 3.06 bits per heavy atom. The van der Waals surface area contributed by atoms with Crippen LogP contribution in [0.1, 0.15) is 12.2 Å². The van der Waals surface area contributed by atoms with E-state index in [9.17, 15) is 4.79 Å². The molecule has 2 N–H and O–H groups in total. The van der Waals surface area contributed by atoms with E-state index in [-0.39, 0.29) is 12.1 Å². The van der Waals surface area contributed by atoms with E-state index >= 15 is 0 Å². The van der Waals surface area contributed by atoms with Crippen LogP contribution in [0, 0.1) is 11.3 Å². The fraction of sp³-hybridized carbons (Fsp3) is 0.333. The van der Waals surface area contributed by atoms with Crippen LogP contribution < -0.4 is 10.6 Å². The van der Waals surface area contributed by atoms with Gasteiger partial charge in [-0.25, -0.2) is 0 Å². The molecule has 5 nitrogen and oxygen atoms in total. The van der Waals surface area contributed by atoms with Crippen LogP contribution in [0.25, 0.3) is 0 Å². The van der Waals surface area contributed by atoms with Crippen LogP contribution in [0.3, 0.4) is 0 Å². The summed E-state index contributed by atoms with van der Waals surface area (Å²) < 4.78 is 5.06. The van der Waals surface area contributed by atoms with Crippen LogP contribution in [0.5, 0.6) is 0 Å². The summed E-state index contributed by atoms with van der Waals surface area (Å²) in [6.45, 7) is 0.882. The SMILES string of the molecule is N#C/C(=C/NCCCCl)C(=O)NCc1ccco1. The van der Waals surface area contributed by atoms with E-state index in [1.807, 2.05) is 6.07 Å². The van der Waals surface area contributed by atoms with Gasteiger partial charge < -0.3 is 15.1 Å². The molecular weight excluding hydrogens is 254 g/mol. The van der Waals surface area contributed by atoms with Gasteiger partial charge in [0.2, 0.25) is 0 Å². The summed E-state index contributed by atoms with van der Waals surface area (Å²) in [5.41, 5.74) is 0.0242. The average Bonchev–Trinajstić information content (AvgIpc) is 2.89. The lowest BCUT2D eigenvalue weighted by molar-refractivity contribution is -0.117. The molecule has 0 aliphatic heterocycles. The highest BCUT2D eigenvalue weighted by Gasteiger charge is 2.08. The fourth-order valence-corrected chi connectivity index (χ4v) is 1.30. The zero-order chi connectivity index (χ0) is 13.2. The molecule has 18 heavy (non-hydrogen) atoms. The highest BCUT2D eigenvalue weighted by molar-refractivity contribution is 6.17. The number of hydrogen-bond acceptors (Lipinski definition) is 4. The first-order chi connectivity index (χ1) is 8.77. The van der Waals surface area contributed by atoms with Gasteiger partial charge in [0.25, 0.3) is 5.91 Å². The number of rotatable bonds is 7. The maximum absolute atomic E-state index is 11.6. The molecule has 0 aliphatic rings. The molecule has 0 spiro atoms. The van der Waals surface area contributed by atoms with Gasteiger partial charge in [0.1, 0.15) is 17.4 Å². The van der Waals surface area contributed by atoms with Crippen LogP contribution in [-0.2, 0) is 11.3 Å². The van der Waals surface area contributed by atoms with Gasteiger partial charge in [0.05, 0.1) is 12.8 Å². The summed E-state index contributed by atoms with van der Waals surface area (Å²) in [5.74, 6) is 0.732. The van der Waals surface area contributed by atoms with Crippen LogP contribution in [-0.4, -0.2) is 18.3 Å². The number of nitrogens with one attached hydrogen (secondary N) is 2. The molecule has 96 valence electrons. The number of halogens is 1. The lowest BCUT2D eigenvalue weighted by Crippen LogP contribution is -2.25. The summed E-state index contributed by atoms with van der Waals surface area (Å²) in [6.07, 6.45) is 3.69. The molecule has 0 aromatic carbocycles. The highest BCUT2D eigenvalue weighted by Crippen LogP contribution is 1.99. The van der Waals surface area contributed by atoms with E-state index in [4.69, 9.17) is 21.3 Å². The molecule has 1 amide bonds. The van der Waals surface area contributed by atoms with Gasteiger partial charge in [-0.3, -0.25) is 4.79 Å². The van der Waals surface area contributed by atoms with Gasteiger partial charge in [-0.15, -0.1) is 11.6 Å². The summed E-state index contributed by atoms with van der Waals surface area (Å²) in [5, 5.41) is 14.3. The van der Waals surface area contributed by atoms with Crippen LogP contribution in [0.4, 0.5) is 0 Å². The van der Waals surface area contributed by atoms with Crippen molar-refractivity contribution in [1.29, 1.82) is 5.26 Å². The van der Waals surface area contributed by atoms with Gasteiger partial charge in [-0.2, -0.15) is 5.26 Å². The van der Waals surface area contributed by atoms with E-state index in [0.717, 1.165) is 6.42 Å². The number of amides is 1. The van der Waals surface area contributed by atoms with E-state index in [1.54, 1.807) is 12.1 Å². The van der Waals surface area contributed by atoms with Crippen molar-refractivity contribution in [2.24, 2.45) is 0 Å². The highest BCUT2D eigenvalue weighted by atomic mass is 35.5. The Kier molecular flexibility index (Phi) is 6.44. The predicted molar refractivity (Wildman–Crippen MR) is 67.6 cm³/mol. The Morgan fingerprint density at radius 2 is 2.44 bits per heavy atom. The Hall–Kier alpha value is -1.93. The first-order valence-corrected chi connectivity index (χ1v) is 6.01. The smallest absolute Gasteiger partial charge is 0.263 e. The van der Waals surface area contributed by atoms with Crippen molar-refractivity contribution in [2.75, 3.05) is 12.4 Å². The molecule has 0 bridgehead atoms. The number of carbonyl (C=O) groups excluding carboxylic acids is 1. The molecule has 0 aliphatic carbocycles. The second kappa shape index (κ2) is 8.20. The normalized spacial score (nSPS) is 10.8. The van der Waals surface area contributed by atoms with Crippen molar-refractivity contribution in [1.82, 2.24) is 10.6 Å². The summed E-state index contributed by atoms with van der Waals surface area (Å²) in [4.78, 5) is 11.6. The summed E-state index contributed by atoms with van der Waals surface area (Å²) in [6, 6.07) is 5.31. The molecule has 0 unspecified atom stereocenters. The van der Waals surface area contributed by atoms with Crippen molar-refractivity contribution >= 4 is 17.5 Å². The first-order valence-electron chi connectivity index (χ1n) is 5.48. The first kappa shape index (κ1) is 14.1. The zero-order valence-electron chi connectivity index (χ0n) is 9.78. The minimum atomic E-state index is -0.438. The number of carbonyl (C=O) groups is 1. The van der Waals surface area contributed by atoms with Gasteiger partial charge in [-0.05, 0) is 18.6 Å². The minimum Gasteiger partial charge on any atom is -0.467 e. The fourth-order valence-electron chi connectivity index (χ4n) is 1.17. The predicted octanol–water partition coefficient (Wildman–Crippen LogP) is 1.52. The van der Waals surface area contributed by atoms with Crippen molar-refractivity contribution in [3.63, 3.8) is 0 Å². The molecule has 0 saturated heterocycles. The second-order valence-corrected chi connectivity index (χ2v) is 3.81. The molecule has 0 radical (unpaired) electrons. The van der Waals surface area contributed by atoms with Crippen LogP contribution in [0.2, 0.25) is 0 Å². The number of hydrogen-bond donors (Lipinski definition) is 2.